The van der Waals surface area contributed by atoms with Gasteiger partial charge < -0.3 is 19.7 Å². The molecule has 1 atom stereocenters. The first-order valence-corrected chi connectivity index (χ1v) is 9.50. The molecule has 27 heavy (non-hydrogen) atoms. The molecule has 1 aliphatic rings. The predicted molar refractivity (Wildman–Crippen MR) is 107 cm³/mol. The van der Waals surface area contributed by atoms with E-state index in [1.165, 1.54) is 0 Å². The number of likely N-dealkylation sites (N-methyl/N-ethyl adjacent to an activating group) is 1. The number of amides is 1. The Morgan fingerprint density at radius 3 is 2.70 bits per heavy atom. The van der Waals surface area contributed by atoms with Gasteiger partial charge in [0.1, 0.15) is 6.61 Å². The third-order valence-electron chi connectivity index (χ3n) is 4.84. The molecule has 0 aromatic heterocycles. The number of hydrogen-bond acceptors (Lipinski definition) is 4. The Hall–Kier alpha value is -2.24. The second kappa shape index (κ2) is 9.11. The summed E-state index contributed by atoms with van der Waals surface area (Å²) in [5.74, 6) is 1.19. The molecule has 1 unspecified atom stereocenters. The highest BCUT2D eigenvalue weighted by molar-refractivity contribution is 6.30. The fraction of sp³-hybridized carbons (Fsp3) is 0.381. The Morgan fingerprint density at radius 2 is 2.00 bits per heavy atom. The number of nitrogens with one attached hydrogen (secondary N) is 1. The maximum atomic E-state index is 12.8. The summed E-state index contributed by atoms with van der Waals surface area (Å²) in [6.07, 6.45) is 2.11. The van der Waals surface area contributed by atoms with E-state index in [1.54, 1.807) is 25.3 Å². The Labute approximate surface area is 165 Å². The summed E-state index contributed by atoms with van der Waals surface area (Å²) in [7, 11) is 3.52. The summed E-state index contributed by atoms with van der Waals surface area (Å²) in [5.41, 5.74) is 1.62. The molecule has 0 spiro atoms. The van der Waals surface area contributed by atoms with Gasteiger partial charge in [-0.25, -0.2) is 0 Å². The van der Waals surface area contributed by atoms with Gasteiger partial charge in [-0.3, -0.25) is 4.79 Å². The van der Waals surface area contributed by atoms with Gasteiger partial charge >= 0.3 is 0 Å². The van der Waals surface area contributed by atoms with Gasteiger partial charge in [-0.1, -0.05) is 23.7 Å². The molecule has 0 saturated carbocycles. The van der Waals surface area contributed by atoms with Gasteiger partial charge in [0, 0.05) is 29.7 Å². The summed E-state index contributed by atoms with van der Waals surface area (Å²) in [6, 6.07) is 13.2. The van der Waals surface area contributed by atoms with E-state index < -0.39 is 0 Å². The number of methoxy groups -OCH3 is 1. The molecular formula is C21H25ClN2O3. The third kappa shape index (κ3) is 4.93. The summed E-state index contributed by atoms with van der Waals surface area (Å²) in [6.45, 7) is 1.91. The monoisotopic (exact) mass is 388 g/mol. The fourth-order valence-electron chi connectivity index (χ4n) is 3.24. The highest BCUT2D eigenvalue weighted by Gasteiger charge is 2.24. The van der Waals surface area contributed by atoms with Crippen LogP contribution in [0.1, 0.15) is 28.8 Å². The molecule has 1 aliphatic heterocycles. The molecule has 6 heteroatoms. The van der Waals surface area contributed by atoms with Gasteiger partial charge in [0.2, 0.25) is 0 Å². The van der Waals surface area contributed by atoms with E-state index in [0.29, 0.717) is 34.7 Å². The molecule has 0 radical (unpaired) electrons. The van der Waals surface area contributed by atoms with Gasteiger partial charge in [-0.2, -0.15) is 0 Å². The van der Waals surface area contributed by atoms with Crippen molar-refractivity contribution in [1.82, 2.24) is 10.2 Å². The number of piperidine rings is 1. The highest BCUT2D eigenvalue weighted by Crippen LogP contribution is 2.30. The summed E-state index contributed by atoms with van der Waals surface area (Å²) >= 11 is 5.91. The largest absolute Gasteiger partial charge is 0.493 e. The van der Waals surface area contributed by atoms with Crippen LogP contribution in [0.3, 0.4) is 0 Å². The van der Waals surface area contributed by atoms with E-state index in [4.69, 9.17) is 21.1 Å². The molecule has 0 aliphatic carbocycles. The lowest BCUT2D eigenvalue weighted by molar-refractivity contribution is 0.0697. The smallest absolute Gasteiger partial charge is 0.254 e. The number of halogens is 1. The zero-order valence-corrected chi connectivity index (χ0v) is 16.5. The predicted octanol–water partition coefficient (Wildman–Crippen LogP) is 3.75. The van der Waals surface area contributed by atoms with E-state index in [0.717, 1.165) is 31.5 Å². The minimum Gasteiger partial charge on any atom is -0.493 e. The van der Waals surface area contributed by atoms with Crippen LogP contribution in [0.5, 0.6) is 11.5 Å². The molecule has 2 aromatic rings. The maximum Gasteiger partial charge on any atom is 0.254 e. The molecule has 144 valence electrons. The Balaban J connectivity index is 1.69. The number of carbonyl (C=O) groups excluding carboxylic acids is 1. The van der Waals surface area contributed by atoms with Crippen molar-refractivity contribution in [2.24, 2.45) is 0 Å². The third-order valence-corrected chi connectivity index (χ3v) is 5.09. The minimum absolute atomic E-state index is 0.0255. The van der Waals surface area contributed by atoms with Crippen molar-refractivity contribution in [1.29, 1.82) is 0 Å². The molecule has 1 N–H and O–H groups in total. The standard InChI is InChI=1S/C21H25ClN2O3/c1-23-18-4-3-11-24(13-18)21(25)16-7-10-19(20(12-16)26-2)27-14-15-5-8-17(22)9-6-15/h5-10,12,18,23H,3-4,11,13-14H2,1-2H3. The van der Waals surface area contributed by atoms with E-state index in [9.17, 15) is 4.79 Å². The lowest BCUT2D eigenvalue weighted by atomic mass is 10.0. The number of carbonyl (C=O) groups is 1. The van der Waals surface area contributed by atoms with Crippen LogP contribution in [-0.4, -0.2) is 44.1 Å². The number of ether oxygens (including phenoxy) is 2. The van der Waals surface area contributed by atoms with E-state index in [2.05, 4.69) is 5.32 Å². The molecular weight excluding hydrogens is 364 g/mol. The molecule has 1 amide bonds. The van der Waals surface area contributed by atoms with Crippen molar-refractivity contribution in [2.45, 2.75) is 25.5 Å². The SMILES string of the molecule is CNC1CCCN(C(=O)c2ccc(OCc3ccc(Cl)cc3)c(OC)c2)C1. The van der Waals surface area contributed by atoms with Crippen LogP contribution in [-0.2, 0) is 6.61 Å². The van der Waals surface area contributed by atoms with Crippen LogP contribution in [0.15, 0.2) is 42.5 Å². The van der Waals surface area contributed by atoms with Crippen LogP contribution >= 0.6 is 11.6 Å². The van der Waals surface area contributed by atoms with E-state index in [1.807, 2.05) is 36.2 Å². The number of likely N-dealkylation sites (tertiary alicyclic amines) is 1. The lowest BCUT2D eigenvalue weighted by Crippen LogP contribution is -2.46. The molecule has 0 bridgehead atoms. The van der Waals surface area contributed by atoms with Crippen molar-refractivity contribution >= 4 is 17.5 Å². The lowest BCUT2D eigenvalue weighted by Gasteiger charge is -2.32. The highest BCUT2D eigenvalue weighted by atomic mass is 35.5. The first kappa shape index (κ1) is 19.5. The zero-order valence-electron chi connectivity index (χ0n) is 15.7. The average molecular weight is 389 g/mol. The fourth-order valence-corrected chi connectivity index (χ4v) is 3.37. The number of hydrogen-bond donors (Lipinski definition) is 1. The van der Waals surface area contributed by atoms with Gasteiger partial charge in [0.15, 0.2) is 11.5 Å². The second-order valence-corrected chi connectivity index (χ2v) is 7.10. The van der Waals surface area contributed by atoms with Gasteiger partial charge in [-0.05, 0) is 55.8 Å². The second-order valence-electron chi connectivity index (χ2n) is 6.66. The van der Waals surface area contributed by atoms with Gasteiger partial charge in [0.25, 0.3) is 5.91 Å². The quantitative estimate of drug-likeness (QED) is 0.818. The van der Waals surface area contributed by atoms with Crippen molar-refractivity contribution in [3.8, 4) is 11.5 Å². The molecule has 1 saturated heterocycles. The van der Waals surface area contributed by atoms with Crippen LogP contribution in [0.2, 0.25) is 5.02 Å². The number of nitrogens with zero attached hydrogens (tertiary/aromatic N) is 1. The number of benzene rings is 2. The minimum atomic E-state index is 0.0255. The number of rotatable bonds is 6. The van der Waals surface area contributed by atoms with Crippen LogP contribution in [0, 0.1) is 0 Å². The van der Waals surface area contributed by atoms with E-state index in [-0.39, 0.29) is 5.91 Å². The Morgan fingerprint density at radius 1 is 1.22 bits per heavy atom. The maximum absolute atomic E-state index is 12.8. The normalized spacial score (nSPS) is 16.9. The molecule has 1 heterocycles. The van der Waals surface area contributed by atoms with Gasteiger partial charge in [0.05, 0.1) is 7.11 Å². The molecule has 1 fully saturated rings. The van der Waals surface area contributed by atoms with Crippen LogP contribution in [0.25, 0.3) is 0 Å². The van der Waals surface area contributed by atoms with Crippen molar-refractivity contribution in [2.75, 3.05) is 27.2 Å². The van der Waals surface area contributed by atoms with Crippen molar-refractivity contribution < 1.29 is 14.3 Å². The van der Waals surface area contributed by atoms with E-state index >= 15 is 0 Å². The van der Waals surface area contributed by atoms with Crippen molar-refractivity contribution in [3.05, 3.63) is 58.6 Å². The average Bonchev–Trinajstić information content (AvgIpc) is 2.72. The summed E-state index contributed by atoms with van der Waals surface area (Å²) < 4.78 is 11.3. The molecule has 3 rings (SSSR count). The van der Waals surface area contributed by atoms with Gasteiger partial charge in [-0.15, -0.1) is 0 Å². The Kier molecular flexibility index (Phi) is 6.58. The topological polar surface area (TPSA) is 50.8 Å². The molecule has 2 aromatic carbocycles. The zero-order chi connectivity index (χ0) is 19.2. The van der Waals surface area contributed by atoms with Crippen LogP contribution < -0.4 is 14.8 Å². The Bertz CT molecular complexity index is 779. The summed E-state index contributed by atoms with van der Waals surface area (Å²) in [4.78, 5) is 14.7. The van der Waals surface area contributed by atoms with Crippen molar-refractivity contribution in [3.63, 3.8) is 0 Å². The first-order chi connectivity index (χ1) is 13.1. The first-order valence-electron chi connectivity index (χ1n) is 9.12. The summed E-state index contributed by atoms with van der Waals surface area (Å²) in [5, 5.41) is 3.95. The molecule has 5 nitrogen and oxygen atoms in total. The van der Waals surface area contributed by atoms with Crippen LogP contribution in [0.4, 0.5) is 0 Å².